The van der Waals surface area contributed by atoms with Crippen LogP contribution >= 0.6 is 0 Å². The molecule has 0 amide bonds. The Balaban J connectivity index is 2.65. The highest BCUT2D eigenvalue weighted by Crippen LogP contribution is 2.35. The molecule has 3 nitrogen and oxygen atoms in total. The van der Waals surface area contributed by atoms with E-state index in [1.165, 1.54) is 16.8 Å². The highest BCUT2D eigenvalue weighted by molar-refractivity contribution is 6.02. The fraction of sp³-hybridized carbons (Fsp3) is 0.562. The lowest BCUT2D eigenvalue weighted by Crippen LogP contribution is -2.36. The third-order valence-electron chi connectivity index (χ3n) is 3.67. The van der Waals surface area contributed by atoms with E-state index in [-0.39, 0.29) is 5.41 Å². The Morgan fingerprint density at radius 3 is 2.16 bits per heavy atom. The molecule has 1 aliphatic heterocycles. The highest BCUT2D eigenvalue weighted by Gasteiger charge is 2.34. The summed E-state index contributed by atoms with van der Waals surface area (Å²) in [4.78, 5) is 0. The maximum Gasteiger partial charge on any atom is 0.188 e. The van der Waals surface area contributed by atoms with Crippen molar-refractivity contribution in [1.82, 2.24) is 0 Å². The lowest BCUT2D eigenvalue weighted by Gasteiger charge is -2.26. The van der Waals surface area contributed by atoms with E-state index in [1.54, 1.807) is 14.2 Å². The van der Waals surface area contributed by atoms with E-state index in [2.05, 4.69) is 44.5 Å². The van der Waals surface area contributed by atoms with Crippen molar-refractivity contribution in [2.75, 3.05) is 27.8 Å². The summed E-state index contributed by atoms with van der Waals surface area (Å²) in [6, 6.07) is 4.23. The van der Waals surface area contributed by atoms with Gasteiger partial charge in [-0.1, -0.05) is 20.8 Å². The second kappa shape index (κ2) is 4.87. The lowest BCUT2D eigenvalue weighted by atomic mass is 9.81. The van der Waals surface area contributed by atoms with Crippen LogP contribution < -0.4 is 9.47 Å². The molecule has 0 bridgehead atoms. The molecule has 0 saturated carbocycles. The van der Waals surface area contributed by atoms with Crippen LogP contribution in [0.25, 0.3) is 0 Å². The van der Waals surface area contributed by atoms with Crippen molar-refractivity contribution in [3.63, 3.8) is 0 Å². The second-order valence-electron chi connectivity index (χ2n) is 6.13. The summed E-state index contributed by atoms with van der Waals surface area (Å²) >= 11 is 0. The number of nitrogens with zero attached hydrogens (tertiary/aromatic N) is 1. The van der Waals surface area contributed by atoms with Crippen LogP contribution in [0.2, 0.25) is 0 Å². The SMILES string of the molecule is COc1cc2c(cc1OC)C(C(C)(C)C)=[N+](C)CC2. The second-order valence-corrected chi connectivity index (χ2v) is 6.13. The summed E-state index contributed by atoms with van der Waals surface area (Å²) in [5.41, 5.74) is 4.12. The molecule has 19 heavy (non-hydrogen) atoms. The average Bonchev–Trinajstić information content (AvgIpc) is 2.35. The van der Waals surface area contributed by atoms with Gasteiger partial charge in [0.2, 0.25) is 0 Å². The largest absolute Gasteiger partial charge is 0.493 e. The Bertz CT molecular complexity index is 524. The minimum atomic E-state index is 0.115. The van der Waals surface area contributed by atoms with Gasteiger partial charge in [0, 0.05) is 17.4 Å². The Labute approximate surface area is 115 Å². The molecule has 1 aromatic rings. The number of hydrogen-bond donors (Lipinski definition) is 0. The fourth-order valence-corrected chi connectivity index (χ4v) is 2.93. The fourth-order valence-electron chi connectivity index (χ4n) is 2.93. The van der Waals surface area contributed by atoms with E-state index < -0.39 is 0 Å². The van der Waals surface area contributed by atoms with Crippen LogP contribution in [0.4, 0.5) is 0 Å². The van der Waals surface area contributed by atoms with Crippen molar-refractivity contribution in [3.8, 4) is 11.5 Å². The van der Waals surface area contributed by atoms with Gasteiger partial charge in [0.1, 0.15) is 13.6 Å². The molecule has 1 aromatic carbocycles. The molecule has 0 atom stereocenters. The first-order valence-electron chi connectivity index (χ1n) is 6.72. The number of hydrogen-bond acceptors (Lipinski definition) is 2. The molecule has 0 fully saturated rings. The zero-order valence-electron chi connectivity index (χ0n) is 12.8. The zero-order valence-corrected chi connectivity index (χ0v) is 12.8. The smallest absolute Gasteiger partial charge is 0.188 e. The molecule has 0 radical (unpaired) electrons. The zero-order chi connectivity index (χ0) is 14.2. The first-order valence-corrected chi connectivity index (χ1v) is 6.72. The topological polar surface area (TPSA) is 21.5 Å². The Kier molecular flexibility index (Phi) is 3.57. The van der Waals surface area contributed by atoms with E-state index in [0.717, 1.165) is 24.5 Å². The summed E-state index contributed by atoms with van der Waals surface area (Å²) in [6.45, 7) is 7.81. The molecular weight excluding hydrogens is 238 g/mol. The Hall–Kier alpha value is -1.51. The standard InChI is InChI=1S/C16H24NO2/c1-16(2,3)15-12-10-14(19-6)13(18-5)9-11(12)7-8-17(15)4/h9-10H,7-8H2,1-6H3/q+1. The molecule has 104 valence electrons. The van der Waals surface area contributed by atoms with Crippen LogP contribution in [0.3, 0.4) is 0 Å². The van der Waals surface area contributed by atoms with Crippen LogP contribution in [0.15, 0.2) is 12.1 Å². The van der Waals surface area contributed by atoms with Crippen LogP contribution in [-0.4, -0.2) is 38.1 Å². The van der Waals surface area contributed by atoms with E-state index in [9.17, 15) is 0 Å². The molecule has 3 heteroatoms. The predicted molar refractivity (Wildman–Crippen MR) is 77.9 cm³/mol. The molecule has 1 aliphatic rings. The molecule has 0 aliphatic carbocycles. The van der Waals surface area contributed by atoms with Gasteiger partial charge in [0.05, 0.1) is 14.2 Å². The van der Waals surface area contributed by atoms with Gasteiger partial charge in [0.25, 0.3) is 0 Å². The Morgan fingerprint density at radius 2 is 1.63 bits per heavy atom. The quantitative estimate of drug-likeness (QED) is 0.764. The normalized spacial score (nSPS) is 15.3. The van der Waals surface area contributed by atoms with Gasteiger partial charge in [-0.3, -0.25) is 0 Å². The van der Waals surface area contributed by atoms with Gasteiger partial charge in [-0.2, -0.15) is 0 Å². The van der Waals surface area contributed by atoms with Gasteiger partial charge < -0.3 is 9.47 Å². The summed E-state index contributed by atoms with van der Waals surface area (Å²) in [5.74, 6) is 1.62. The minimum absolute atomic E-state index is 0.115. The number of ether oxygens (including phenoxy) is 2. The third-order valence-corrected chi connectivity index (χ3v) is 3.67. The summed E-state index contributed by atoms with van der Waals surface area (Å²) in [6.07, 6.45) is 1.05. The van der Waals surface area contributed by atoms with E-state index in [1.807, 2.05) is 0 Å². The van der Waals surface area contributed by atoms with Crippen molar-refractivity contribution in [3.05, 3.63) is 23.3 Å². The molecule has 0 saturated heterocycles. The van der Waals surface area contributed by atoms with Crippen molar-refractivity contribution >= 4 is 5.71 Å². The maximum atomic E-state index is 5.44. The van der Waals surface area contributed by atoms with Gasteiger partial charge in [-0.15, -0.1) is 0 Å². The van der Waals surface area contributed by atoms with Gasteiger partial charge >= 0.3 is 0 Å². The van der Waals surface area contributed by atoms with Gasteiger partial charge in [-0.05, 0) is 17.7 Å². The summed E-state index contributed by atoms with van der Waals surface area (Å²) < 4.78 is 13.2. The van der Waals surface area contributed by atoms with Gasteiger partial charge in [-0.25, -0.2) is 4.58 Å². The van der Waals surface area contributed by atoms with E-state index in [4.69, 9.17) is 9.47 Å². The van der Waals surface area contributed by atoms with Crippen LogP contribution in [0.5, 0.6) is 11.5 Å². The van der Waals surface area contributed by atoms with E-state index >= 15 is 0 Å². The molecule has 0 aromatic heterocycles. The number of likely N-dealkylation sites (N-methyl/N-ethyl adjacent to an activating group) is 1. The third kappa shape index (κ3) is 2.46. The minimum Gasteiger partial charge on any atom is -0.493 e. The van der Waals surface area contributed by atoms with Crippen LogP contribution in [-0.2, 0) is 6.42 Å². The van der Waals surface area contributed by atoms with Crippen molar-refractivity contribution in [1.29, 1.82) is 0 Å². The predicted octanol–water partition coefficient (Wildman–Crippen LogP) is 2.74. The van der Waals surface area contributed by atoms with Crippen LogP contribution in [0.1, 0.15) is 31.9 Å². The van der Waals surface area contributed by atoms with Gasteiger partial charge in [0.15, 0.2) is 17.2 Å². The molecule has 0 unspecified atom stereocenters. The van der Waals surface area contributed by atoms with E-state index in [0.29, 0.717) is 0 Å². The molecule has 0 spiro atoms. The lowest BCUT2D eigenvalue weighted by molar-refractivity contribution is -0.501. The van der Waals surface area contributed by atoms with Crippen molar-refractivity contribution in [2.24, 2.45) is 5.41 Å². The number of methoxy groups -OCH3 is 2. The number of rotatable bonds is 2. The first-order chi connectivity index (χ1) is 8.88. The highest BCUT2D eigenvalue weighted by atomic mass is 16.5. The molecule has 2 rings (SSSR count). The summed E-state index contributed by atoms with van der Waals surface area (Å²) in [7, 11) is 5.54. The monoisotopic (exact) mass is 262 g/mol. The molecular formula is C16H24NO2+. The first kappa shape index (κ1) is 13.9. The van der Waals surface area contributed by atoms with Crippen molar-refractivity contribution in [2.45, 2.75) is 27.2 Å². The molecule has 0 N–H and O–H groups in total. The van der Waals surface area contributed by atoms with Crippen LogP contribution in [0, 0.1) is 5.41 Å². The Morgan fingerprint density at radius 1 is 1.05 bits per heavy atom. The van der Waals surface area contributed by atoms with Crippen molar-refractivity contribution < 1.29 is 14.0 Å². The maximum absolute atomic E-state index is 5.44. The number of benzene rings is 1. The molecule has 1 heterocycles. The summed E-state index contributed by atoms with van der Waals surface area (Å²) in [5, 5.41) is 0. The number of fused-ring (bicyclic) bond motifs is 1. The average molecular weight is 262 g/mol.